The number of likely N-dealkylation sites (tertiary alicyclic amines) is 1. The van der Waals surface area contributed by atoms with E-state index < -0.39 is 0 Å². The fourth-order valence-corrected chi connectivity index (χ4v) is 4.00. The molecule has 0 bridgehead atoms. The van der Waals surface area contributed by atoms with Gasteiger partial charge in [-0.25, -0.2) is 0 Å². The van der Waals surface area contributed by atoms with Gasteiger partial charge in [0.15, 0.2) is 6.67 Å². The van der Waals surface area contributed by atoms with Gasteiger partial charge in [0, 0.05) is 20.8 Å². The second-order valence-corrected chi connectivity index (χ2v) is 7.09. The maximum absolute atomic E-state index is 6.21. The van der Waals surface area contributed by atoms with Crippen molar-refractivity contribution in [1.29, 1.82) is 0 Å². The molecule has 22 heavy (non-hydrogen) atoms. The van der Waals surface area contributed by atoms with E-state index in [0.29, 0.717) is 0 Å². The number of piperidine rings is 1. The lowest BCUT2D eigenvalue weighted by Crippen LogP contribution is -3.12. The van der Waals surface area contributed by atoms with Gasteiger partial charge in [-0.1, -0.05) is 23.2 Å². The third-order valence-electron chi connectivity index (χ3n) is 4.73. The molecule has 1 fully saturated rings. The van der Waals surface area contributed by atoms with E-state index in [4.69, 9.17) is 23.2 Å². The molecule has 0 unspecified atom stereocenters. The van der Waals surface area contributed by atoms with Gasteiger partial charge >= 0.3 is 0 Å². The first kappa shape index (κ1) is 14.4. The minimum atomic E-state index is 0.775. The molecule has 4 heteroatoms. The standard InChI is InChI=1S/C18H18Cl2N2/c19-13-4-6-17-15(10-13)16-11-14(20)5-7-18(16)22(17)12-21-8-2-1-3-9-21/h4-7,10-11H,1-3,8-9,12H2/p+1. The Morgan fingerprint density at radius 1 is 0.818 bits per heavy atom. The molecule has 2 nitrogen and oxygen atoms in total. The largest absolute Gasteiger partial charge is 0.318 e. The van der Waals surface area contributed by atoms with E-state index in [0.717, 1.165) is 16.7 Å². The van der Waals surface area contributed by atoms with Gasteiger partial charge in [-0.3, -0.25) is 4.57 Å². The molecule has 1 aromatic heterocycles. The van der Waals surface area contributed by atoms with Crippen molar-refractivity contribution in [2.24, 2.45) is 0 Å². The van der Waals surface area contributed by atoms with Crippen LogP contribution in [0, 0.1) is 0 Å². The number of rotatable bonds is 2. The first-order valence-electron chi connectivity index (χ1n) is 7.93. The summed E-state index contributed by atoms with van der Waals surface area (Å²) in [5.74, 6) is 0. The molecule has 1 N–H and O–H groups in total. The summed E-state index contributed by atoms with van der Waals surface area (Å²) in [4.78, 5) is 1.66. The molecule has 0 amide bonds. The Kier molecular flexibility index (Phi) is 3.77. The lowest BCUT2D eigenvalue weighted by Gasteiger charge is -2.24. The second-order valence-electron chi connectivity index (χ2n) is 6.22. The highest BCUT2D eigenvalue weighted by molar-refractivity contribution is 6.33. The predicted octanol–water partition coefficient (Wildman–Crippen LogP) is 4.13. The first-order chi connectivity index (χ1) is 10.7. The third-order valence-corrected chi connectivity index (χ3v) is 5.20. The van der Waals surface area contributed by atoms with Crippen molar-refractivity contribution in [1.82, 2.24) is 4.57 Å². The zero-order valence-electron chi connectivity index (χ0n) is 12.4. The van der Waals surface area contributed by atoms with E-state index in [9.17, 15) is 0 Å². The van der Waals surface area contributed by atoms with Crippen LogP contribution in [0.5, 0.6) is 0 Å². The Morgan fingerprint density at radius 3 is 1.91 bits per heavy atom. The van der Waals surface area contributed by atoms with E-state index in [2.05, 4.69) is 28.8 Å². The summed E-state index contributed by atoms with van der Waals surface area (Å²) < 4.78 is 2.43. The van der Waals surface area contributed by atoms with Crippen LogP contribution in [0.2, 0.25) is 10.0 Å². The smallest absolute Gasteiger partial charge is 0.157 e. The number of fused-ring (bicyclic) bond motifs is 3. The highest BCUT2D eigenvalue weighted by Crippen LogP contribution is 2.32. The Balaban J connectivity index is 1.90. The molecular formula is C18H19Cl2N2+. The molecule has 0 spiro atoms. The van der Waals surface area contributed by atoms with Crippen LogP contribution in [0.3, 0.4) is 0 Å². The average molecular weight is 334 g/mol. The van der Waals surface area contributed by atoms with Crippen molar-refractivity contribution < 1.29 is 4.90 Å². The highest BCUT2D eigenvalue weighted by Gasteiger charge is 2.18. The van der Waals surface area contributed by atoms with Crippen molar-refractivity contribution in [2.45, 2.75) is 25.9 Å². The van der Waals surface area contributed by atoms with Crippen molar-refractivity contribution >= 4 is 45.0 Å². The molecule has 2 heterocycles. The Morgan fingerprint density at radius 2 is 1.36 bits per heavy atom. The predicted molar refractivity (Wildman–Crippen MR) is 94.0 cm³/mol. The van der Waals surface area contributed by atoms with Crippen LogP contribution in [0.15, 0.2) is 36.4 Å². The molecule has 0 saturated carbocycles. The first-order valence-corrected chi connectivity index (χ1v) is 8.68. The van der Waals surface area contributed by atoms with Gasteiger partial charge < -0.3 is 4.90 Å². The van der Waals surface area contributed by atoms with Crippen LogP contribution < -0.4 is 4.90 Å². The number of quaternary nitrogens is 1. The lowest BCUT2D eigenvalue weighted by molar-refractivity contribution is -0.926. The Labute approximate surface area is 140 Å². The molecule has 0 atom stereocenters. The number of hydrogen-bond acceptors (Lipinski definition) is 0. The van der Waals surface area contributed by atoms with Gasteiger partial charge in [0.05, 0.1) is 24.1 Å². The number of nitrogens with one attached hydrogen (secondary N) is 1. The molecule has 0 radical (unpaired) electrons. The van der Waals surface area contributed by atoms with Crippen molar-refractivity contribution in [3.8, 4) is 0 Å². The minimum Gasteiger partial charge on any atom is -0.318 e. The zero-order valence-corrected chi connectivity index (χ0v) is 13.9. The number of nitrogens with zero attached hydrogens (tertiary/aromatic N) is 1. The topological polar surface area (TPSA) is 9.37 Å². The summed E-state index contributed by atoms with van der Waals surface area (Å²) in [6, 6.07) is 12.3. The molecule has 114 valence electrons. The van der Waals surface area contributed by atoms with Crippen LogP contribution in [0.25, 0.3) is 21.8 Å². The van der Waals surface area contributed by atoms with Gasteiger partial charge in [0.1, 0.15) is 0 Å². The fraction of sp³-hybridized carbons (Fsp3) is 0.333. The monoisotopic (exact) mass is 333 g/mol. The number of halogens is 2. The number of hydrogen-bond donors (Lipinski definition) is 1. The van der Waals surface area contributed by atoms with E-state index in [1.165, 1.54) is 54.2 Å². The summed E-state index contributed by atoms with van der Waals surface area (Å²) in [5, 5.41) is 3.94. The fourth-order valence-electron chi connectivity index (χ4n) is 3.65. The average Bonchev–Trinajstić information content (AvgIpc) is 2.81. The third kappa shape index (κ3) is 2.50. The van der Waals surface area contributed by atoms with Crippen molar-refractivity contribution in [2.75, 3.05) is 13.1 Å². The molecule has 3 aromatic rings. The molecular weight excluding hydrogens is 315 g/mol. The van der Waals surface area contributed by atoms with Crippen molar-refractivity contribution in [3.63, 3.8) is 0 Å². The summed E-state index contributed by atoms with van der Waals surface area (Å²) in [6.45, 7) is 3.55. The van der Waals surface area contributed by atoms with Gasteiger partial charge in [-0.05, 0) is 55.7 Å². The zero-order chi connectivity index (χ0) is 15.1. The van der Waals surface area contributed by atoms with Crippen LogP contribution in [0.1, 0.15) is 19.3 Å². The lowest BCUT2D eigenvalue weighted by atomic mass is 10.1. The SMILES string of the molecule is Clc1ccc2c(c1)c1cc(Cl)ccc1n2C[NH+]1CCCCC1. The summed E-state index contributed by atoms with van der Waals surface area (Å²) >= 11 is 12.4. The molecule has 1 saturated heterocycles. The Bertz CT molecular complexity index is 773. The number of aromatic nitrogens is 1. The van der Waals surface area contributed by atoms with E-state index in [1.807, 2.05) is 12.1 Å². The van der Waals surface area contributed by atoms with Gasteiger partial charge in [-0.2, -0.15) is 0 Å². The molecule has 0 aliphatic carbocycles. The van der Waals surface area contributed by atoms with Crippen LogP contribution in [-0.4, -0.2) is 17.7 Å². The highest BCUT2D eigenvalue weighted by atomic mass is 35.5. The number of benzene rings is 2. The minimum absolute atomic E-state index is 0.775. The van der Waals surface area contributed by atoms with Crippen LogP contribution in [-0.2, 0) is 6.67 Å². The summed E-state index contributed by atoms with van der Waals surface area (Å²) in [5.41, 5.74) is 2.50. The quantitative estimate of drug-likeness (QED) is 0.722. The van der Waals surface area contributed by atoms with Crippen molar-refractivity contribution in [3.05, 3.63) is 46.4 Å². The molecule has 1 aliphatic heterocycles. The normalized spacial score (nSPS) is 16.6. The summed E-state index contributed by atoms with van der Waals surface area (Å²) in [7, 11) is 0. The summed E-state index contributed by atoms with van der Waals surface area (Å²) in [6.07, 6.45) is 4.05. The molecule has 4 rings (SSSR count). The van der Waals surface area contributed by atoms with E-state index in [-0.39, 0.29) is 0 Å². The van der Waals surface area contributed by atoms with Crippen LogP contribution >= 0.6 is 23.2 Å². The molecule has 1 aliphatic rings. The second kappa shape index (κ2) is 5.77. The maximum Gasteiger partial charge on any atom is 0.157 e. The van der Waals surface area contributed by atoms with Gasteiger partial charge in [-0.15, -0.1) is 0 Å². The van der Waals surface area contributed by atoms with E-state index in [1.54, 1.807) is 4.90 Å². The van der Waals surface area contributed by atoms with Gasteiger partial charge in [0.25, 0.3) is 0 Å². The van der Waals surface area contributed by atoms with E-state index >= 15 is 0 Å². The molecule has 2 aromatic carbocycles. The van der Waals surface area contributed by atoms with Gasteiger partial charge in [0.2, 0.25) is 0 Å². The van der Waals surface area contributed by atoms with Crippen LogP contribution in [0.4, 0.5) is 0 Å². The maximum atomic E-state index is 6.21. The Hall–Kier alpha value is -1.22.